The minimum absolute atomic E-state index is 0.0699. The largest absolute Gasteiger partial charge is 0.456 e. The number of benzene rings is 1. The van der Waals surface area contributed by atoms with Gasteiger partial charge in [0.05, 0.1) is 28.0 Å². The first-order valence-electron chi connectivity index (χ1n) is 9.28. The summed E-state index contributed by atoms with van der Waals surface area (Å²) in [6.07, 6.45) is -0.0724. The first-order chi connectivity index (χ1) is 13.8. The molecule has 1 amide bonds. The van der Waals surface area contributed by atoms with Crippen LogP contribution in [0.3, 0.4) is 0 Å². The maximum atomic E-state index is 13.0. The van der Waals surface area contributed by atoms with Gasteiger partial charge in [0.2, 0.25) is 0 Å². The third kappa shape index (κ3) is 4.45. The maximum absolute atomic E-state index is 13.0. The summed E-state index contributed by atoms with van der Waals surface area (Å²) in [6, 6.07) is 2.73. The molecule has 1 aliphatic carbocycles. The molecule has 2 aromatic rings. The van der Waals surface area contributed by atoms with Crippen molar-refractivity contribution in [3.05, 3.63) is 46.7 Å². The third-order valence-electron chi connectivity index (χ3n) is 4.80. The highest BCUT2D eigenvalue weighted by atomic mass is 35.5. The fraction of sp³-hybridized carbons (Fsp3) is 0.450. The van der Waals surface area contributed by atoms with Crippen LogP contribution in [-0.2, 0) is 21.2 Å². The molecule has 1 aromatic carbocycles. The summed E-state index contributed by atoms with van der Waals surface area (Å²) in [7, 11) is 0. The summed E-state index contributed by atoms with van der Waals surface area (Å²) in [5.74, 6) is -1.02. The zero-order chi connectivity index (χ0) is 22.3. The Kier molecular flexibility index (Phi) is 5.62. The number of alkyl halides is 3. The Balaban J connectivity index is 1.81. The quantitative estimate of drug-likeness (QED) is 0.673. The summed E-state index contributed by atoms with van der Waals surface area (Å²) in [5.41, 5.74) is -2.36. The van der Waals surface area contributed by atoms with E-state index < -0.39 is 34.8 Å². The minimum Gasteiger partial charge on any atom is -0.456 e. The lowest BCUT2D eigenvalue weighted by Gasteiger charge is -2.40. The van der Waals surface area contributed by atoms with Crippen molar-refractivity contribution in [2.45, 2.75) is 57.3 Å². The summed E-state index contributed by atoms with van der Waals surface area (Å²) in [4.78, 5) is 25.2. The first kappa shape index (κ1) is 22.1. The lowest BCUT2D eigenvalue weighted by molar-refractivity contribution is -0.137. The molecule has 162 valence electrons. The highest BCUT2D eigenvalue weighted by molar-refractivity contribution is 6.33. The number of nitrogens with zero attached hydrogens (tertiary/aromatic N) is 2. The van der Waals surface area contributed by atoms with Crippen LogP contribution in [0.5, 0.6) is 0 Å². The van der Waals surface area contributed by atoms with E-state index >= 15 is 0 Å². The number of nitrogens with one attached hydrogen (secondary N) is 1. The minimum atomic E-state index is -4.53. The molecule has 0 atom stereocenters. The summed E-state index contributed by atoms with van der Waals surface area (Å²) >= 11 is 5.95. The highest BCUT2D eigenvalue weighted by Gasteiger charge is 2.47. The molecule has 1 heterocycles. The van der Waals surface area contributed by atoms with Crippen LogP contribution < -0.4 is 5.32 Å². The van der Waals surface area contributed by atoms with E-state index in [1.807, 2.05) is 0 Å². The fourth-order valence-electron chi connectivity index (χ4n) is 3.10. The van der Waals surface area contributed by atoms with Crippen molar-refractivity contribution in [2.75, 3.05) is 5.32 Å². The van der Waals surface area contributed by atoms with Gasteiger partial charge in [-0.25, -0.2) is 4.79 Å². The monoisotopic (exact) mass is 443 g/mol. The van der Waals surface area contributed by atoms with Gasteiger partial charge in [0.1, 0.15) is 11.1 Å². The van der Waals surface area contributed by atoms with Crippen LogP contribution in [0.2, 0.25) is 5.02 Å². The van der Waals surface area contributed by atoms with E-state index in [-0.39, 0.29) is 16.3 Å². The molecule has 0 radical (unpaired) electrons. The van der Waals surface area contributed by atoms with Crippen molar-refractivity contribution in [3.63, 3.8) is 0 Å². The van der Waals surface area contributed by atoms with Crippen molar-refractivity contribution in [1.82, 2.24) is 9.78 Å². The Morgan fingerprint density at radius 3 is 2.40 bits per heavy atom. The van der Waals surface area contributed by atoms with Gasteiger partial charge in [0, 0.05) is 6.20 Å². The first-order valence-corrected chi connectivity index (χ1v) is 9.66. The molecule has 0 spiro atoms. The number of hydrogen-bond acceptors (Lipinski definition) is 4. The van der Waals surface area contributed by atoms with Crippen molar-refractivity contribution in [1.29, 1.82) is 0 Å². The van der Waals surface area contributed by atoms with Crippen molar-refractivity contribution in [3.8, 4) is 0 Å². The van der Waals surface area contributed by atoms with Crippen LogP contribution in [-0.4, -0.2) is 27.3 Å². The lowest BCUT2D eigenvalue weighted by Crippen LogP contribution is -2.51. The molecule has 3 rings (SSSR count). The second-order valence-corrected chi connectivity index (χ2v) is 8.61. The maximum Gasteiger partial charge on any atom is 0.416 e. The number of carbonyl (C=O) groups excluding carboxylic acids is 2. The van der Waals surface area contributed by atoms with Gasteiger partial charge in [-0.05, 0) is 58.2 Å². The molecule has 1 N–H and O–H groups in total. The zero-order valence-corrected chi connectivity index (χ0v) is 17.4. The molecular weight excluding hydrogens is 423 g/mol. The van der Waals surface area contributed by atoms with Gasteiger partial charge in [-0.3, -0.25) is 9.48 Å². The average molecular weight is 444 g/mol. The van der Waals surface area contributed by atoms with Crippen LogP contribution in [0, 0.1) is 0 Å². The molecule has 6 nitrogen and oxygen atoms in total. The molecule has 30 heavy (non-hydrogen) atoms. The Hall–Kier alpha value is -2.55. The van der Waals surface area contributed by atoms with Gasteiger partial charge in [0.25, 0.3) is 5.91 Å². The van der Waals surface area contributed by atoms with E-state index in [0.717, 1.165) is 24.6 Å². The molecule has 1 aromatic heterocycles. The SMILES string of the molecule is CC(C)(C)OC(=O)c1cnn(C2(C(=O)Nc3ccc(C(F)(F)F)cc3Cl)CCC2)c1. The molecule has 1 fully saturated rings. The van der Waals surface area contributed by atoms with Gasteiger partial charge in [-0.2, -0.15) is 18.3 Å². The van der Waals surface area contributed by atoms with Crippen LogP contribution >= 0.6 is 11.6 Å². The molecule has 0 aliphatic heterocycles. The standard InChI is InChI=1S/C20H21ClF3N3O3/c1-18(2,3)30-16(28)12-10-25-27(11-12)19(7-4-8-19)17(29)26-15-6-5-13(9-14(15)21)20(22,23)24/h5-6,9-11H,4,7-8H2,1-3H3,(H,26,29). The van der Waals surface area contributed by atoms with Crippen molar-refractivity contribution >= 4 is 29.2 Å². The molecule has 1 aliphatic rings. The number of aromatic nitrogens is 2. The normalized spacial score (nSPS) is 16.0. The number of anilines is 1. The van der Waals surface area contributed by atoms with Gasteiger partial charge in [0.15, 0.2) is 0 Å². The number of carbonyl (C=O) groups is 2. The number of ether oxygens (including phenoxy) is 1. The van der Waals surface area contributed by atoms with E-state index in [2.05, 4.69) is 10.4 Å². The predicted molar refractivity (Wildman–Crippen MR) is 104 cm³/mol. The Labute approximate surface area is 176 Å². The Bertz CT molecular complexity index is 976. The second kappa shape index (κ2) is 7.61. The number of esters is 1. The molecule has 0 saturated heterocycles. The molecule has 0 bridgehead atoms. The average Bonchev–Trinajstić information content (AvgIpc) is 3.03. The van der Waals surface area contributed by atoms with E-state index in [1.165, 1.54) is 17.1 Å². The topological polar surface area (TPSA) is 73.2 Å². The van der Waals surface area contributed by atoms with E-state index in [0.29, 0.717) is 12.8 Å². The summed E-state index contributed by atoms with van der Waals surface area (Å²) in [6.45, 7) is 5.22. The van der Waals surface area contributed by atoms with Crippen LogP contribution in [0.15, 0.2) is 30.6 Å². The predicted octanol–water partition coefficient (Wildman–Crippen LogP) is 5.03. The number of rotatable bonds is 4. The molecule has 10 heteroatoms. The van der Waals surface area contributed by atoms with E-state index in [4.69, 9.17) is 16.3 Å². The highest BCUT2D eigenvalue weighted by Crippen LogP contribution is 2.41. The second-order valence-electron chi connectivity index (χ2n) is 8.21. The van der Waals surface area contributed by atoms with E-state index in [1.54, 1.807) is 20.8 Å². The van der Waals surface area contributed by atoms with Crippen molar-refractivity contribution < 1.29 is 27.5 Å². The van der Waals surface area contributed by atoms with Crippen LogP contribution in [0.25, 0.3) is 0 Å². The van der Waals surface area contributed by atoms with Gasteiger partial charge >= 0.3 is 12.1 Å². The Morgan fingerprint density at radius 1 is 1.23 bits per heavy atom. The smallest absolute Gasteiger partial charge is 0.416 e. The number of amides is 1. The third-order valence-corrected chi connectivity index (χ3v) is 5.12. The molecule has 0 unspecified atom stereocenters. The number of halogens is 4. The molecule has 1 saturated carbocycles. The van der Waals surface area contributed by atoms with E-state index in [9.17, 15) is 22.8 Å². The summed E-state index contributed by atoms with van der Waals surface area (Å²) in [5, 5.41) is 6.54. The van der Waals surface area contributed by atoms with Crippen LogP contribution in [0.4, 0.5) is 18.9 Å². The van der Waals surface area contributed by atoms with Gasteiger partial charge in [-0.15, -0.1) is 0 Å². The van der Waals surface area contributed by atoms with Crippen LogP contribution in [0.1, 0.15) is 56.0 Å². The fourth-order valence-corrected chi connectivity index (χ4v) is 3.33. The number of hydrogen-bond donors (Lipinski definition) is 1. The van der Waals surface area contributed by atoms with Gasteiger partial charge in [-0.1, -0.05) is 11.6 Å². The molecular formula is C20H21ClF3N3O3. The van der Waals surface area contributed by atoms with Crippen molar-refractivity contribution in [2.24, 2.45) is 0 Å². The zero-order valence-electron chi connectivity index (χ0n) is 16.6. The summed E-state index contributed by atoms with van der Waals surface area (Å²) < 4.78 is 45.2. The Morgan fingerprint density at radius 2 is 1.90 bits per heavy atom. The van der Waals surface area contributed by atoms with Gasteiger partial charge < -0.3 is 10.1 Å². The lowest BCUT2D eigenvalue weighted by atomic mass is 9.76.